The van der Waals surface area contributed by atoms with Crippen LogP contribution in [0.15, 0.2) is 47.3 Å². The first-order valence-corrected chi connectivity index (χ1v) is 10.7. The third-order valence-corrected chi connectivity index (χ3v) is 6.01. The SMILES string of the molecule is O=C(Cn1nc(N2CCSCC2)ccc1=O)N1CCO[C@H](c2ccccc2)C1. The van der Waals surface area contributed by atoms with Crippen LogP contribution >= 0.6 is 11.8 Å². The molecule has 28 heavy (non-hydrogen) atoms. The Hall–Kier alpha value is -2.32. The Balaban J connectivity index is 1.45. The maximum atomic E-state index is 12.8. The van der Waals surface area contributed by atoms with Gasteiger partial charge in [0.2, 0.25) is 5.91 Å². The highest BCUT2D eigenvalue weighted by molar-refractivity contribution is 7.99. The molecule has 1 amide bonds. The maximum Gasteiger partial charge on any atom is 0.267 e. The average Bonchev–Trinajstić information content (AvgIpc) is 2.76. The van der Waals surface area contributed by atoms with Crippen molar-refractivity contribution in [1.82, 2.24) is 14.7 Å². The summed E-state index contributed by atoms with van der Waals surface area (Å²) < 4.78 is 7.11. The van der Waals surface area contributed by atoms with E-state index < -0.39 is 0 Å². The summed E-state index contributed by atoms with van der Waals surface area (Å²) in [6, 6.07) is 13.2. The third kappa shape index (κ3) is 4.39. The number of benzene rings is 1. The van der Waals surface area contributed by atoms with Crippen LogP contribution in [0.25, 0.3) is 0 Å². The minimum Gasteiger partial charge on any atom is -0.370 e. The van der Waals surface area contributed by atoms with Crippen molar-refractivity contribution in [2.45, 2.75) is 12.6 Å². The van der Waals surface area contributed by atoms with Gasteiger partial charge in [-0.25, -0.2) is 4.68 Å². The van der Waals surface area contributed by atoms with E-state index in [-0.39, 0.29) is 24.1 Å². The van der Waals surface area contributed by atoms with Crippen molar-refractivity contribution in [2.75, 3.05) is 49.2 Å². The second kappa shape index (κ2) is 8.79. The summed E-state index contributed by atoms with van der Waals surface area (Å²) in [5.74, 6) is 2.75. The van der Waals surface area contributed by atoms with Gasteiger partial charge < -0.3 is 14.5 Å². The lowest BCUT2D eigenvalue weighted by molar-refractivity contribution is -0.139. The van der Waals surface area contributed by atoms with Gasteiger partial charge in [0.15, 0.2) is 0 Å². The van der Waals surface area contributed by atoms with Crippen LogP contribution in [0.1, 0.15) is 11.7 Å². The van der Waals surface area contributed by atoms with Gasteiger partial charge in [0.05, 0.1) is 13.2 Å². The van der Waals surface area contributed by atoms with Crippen LogP contribution in [0.2, 0.25) is 0 Å². The molecule has 0 unspecified atom stereocenters. The van der Waals surface area contributed by atoms with E-state index in [1.807, 2.05) is 42.1 Å². The summed E-state index contributed by atoms with van der Waals surface area (Å²) in [7, 11) is 0. The highest BCUT2D eigenvalue weighted by atomic mass is 32.2. The van der Waals surface area contributed by atoms with Crippen LogP contribution in [0.4, 0.5) is 5.82 Å². The molecule has 1 aromatic carbocycles. The zero-order chi connectivity index (χ0) is 19.3. The molecular formula is C20H24N4O3S. The summed E-state index contributed by atoms with van der Waals surface area (Å²) in [6.07, 6.45) is -0.138. The Kier molecular flexibility index (Phi) is 5.97. The molecule has 0 N–H and O–H groups in total. The van der Waals surface area contributed by atoms with Gasteiger partial charge in [0, 0.05) is 37.2 Å². The molecule has 0 aliphatic carbocycles. The van der Waals surface area contributed by atoms with E-state index >= 15 is 0 Å². The van der Waals surface area contributed by atoms with Gasteiger partial charge in [-0.05, 0) is 11.6 Å². The molecule has 148 valence electrons. The zero-order valence-corrected chi connectivity index (χ0v) is 16.5. The number of amides is 1. The Bertz CT molecular complexity index is 867. The molecule has 0 saturated carbocycles. The van der Waals surface area contributed by atoms with Crippen LogP contribution in [0.3, 0.4) is 0 Å². The topological polar surface area (TPSA) is 67.7 Å². The number of rotatable bonds is 4. The predicted molar refractivity (Wildman–Crippen MR) is 110 cm³/mol. The Morgan fingerprint density at radius 1 is 1.11 bits per heavy atom. The van der Waals surface area contributed by atoms with Crippen molar-refractivity contribution in [3.8, 4) is 0 Å². The van der Waals surface area contributed by atoms with Crippen molar-refractivity contribution in [3.05, 3.63) is 58.4 Å². The summed E-state index contributed by atoms with van der Waals surface area (Å²) in [5, 5.41) is 4.45. The molecule has 0 spiro atoms. The fourth-order valence-electron chi connectivity index (χ4n) is 3.49. The lowest BCUT2D eigenvalue weighted by Gasteiger charge is -2.33. The molecule has 2 aliphatic rings. The quantitative estimate of drug-likeness (QED) is 0.773. The van der Waals surface area contributed by atoms with E-state index in [9.17, 15) is 9.59 Å². The van der Waals surface area contributed by atoms with Crippen molar-refractivity contribution in [2.24, 2.45) is 0 Å². The highest BCUT2D eigenvalue weighted by Gasteiger charge is 2.26. The predicted octanol–water partition coefficient (Wildman–Crippen LogP) is 1.40. The molecule has 2 saturated heterocycles. The number of anilines is 1. The molecular weight excluding hydrogens is 376 g/mol. The van der Waals surface area contributed by atoms with E-state index in [4.69, 9.17) is 4.74 Å². The van der Waals surface area contributed by atoms with E-state index in [1.54, 1.807) is 11.0 Å². The lowest BCUT2D eigenvalue weighted by Crippen LogP contribution is -2.45. The van der Waals surface area contributed by atoms with Crippen molar-refractivity contribution in [1.29, 1.82) is 0 Å². The average molecular weight is 401 g/mol. The minimum atomic E-state index is -0.253. The molecule has 7 nitrogen and oxygen atoms in total. The van der Waals surface area contributed by atoms with E-state index in [0.29, 0.717) is 19.7 Å². The van der Waals surface area contributed by atoms with Crippen LogP contribution in [0.5, 0.6) is 0 Å². The fraction of sp³-hybridized carbons (Fsp3) is 0.450. The Labute approximate surface area is 168 Å². The monoisotopic (exact) mass is 400 g/mol. The van der Waals surface area contributed by atoms with Crippen LogP contribution in [-0.4, -0.2) is 64.9 Å². The number of aromatic nitrogens is 2. The molecule has 1 atom stereocenters. The number of hydrogen-bond acceptors (Lipinski definition) is 6. The second-order valence-corrected chi connectivity index (χ2v) is 8.12. The van der Waals surface area contributed by atoms with E-state index in [0.717, 1.165) is 36.0 Å². The molecule has 2 aromatic rings. The Morgan fingerprint density at radius 3 is 2.68 bits per heavy atom. The number of nitrogens with zero attached hydrogens (tertiary/aromatic N) is 4. The molecule has 3 heterocycles. The second-order valence-electron chi connectivity index (χ2n) is 6.90. The number of morpholine rings is 1. The van der Waals surface area contributed by atoms with E-state index in [2.05, 4.69) is 10.00 Å². The van der Waals surface area contributed by atoms with Gasteiger partial charge in [0.25, 0.3) is 5.56 Å². The van der Waals surface area contributed by atoms with Crippen molar-refractivity contribution < 1.29 is 9.53 Å². The summed E-state index contributed by atoms with van der Waals surface area (Å²) in [4.78, 5) is 29.0. The normalized spacial score (nSPS) is 20.2. The van der Waals surface area contributed by atoms with Crippen LogP contribution in [-0.2, 0) is 16.1 Å². The van der Waals surface area contributed by atoms with Gasteiger partial charge in [0.1, 0.15) is 18.5 Å². The number of carbonyl (C=O) groups excluding carboxylic acids is 1. The number of ether oxygens (including phenoxy) is 1. The fourth-order valence-corrected chi connectivity index (χ4v) is 4.39. The van der Waals surface area contributed by atoms with Gasteiger partial charge in [-0.1, -0.05) is 30.3 Å². The number of hydrogen-bond donors (Lipinski definition) is 0. The van der Waals surface area contributed by atoms with E-state index in [1.165, 1.54) is 10.7 Å². The van der Waals surface area contributed by atoms with Crippen LogP contribution in [0, 0.1) is 0 Å². The number of carbonyl (C=O) groups is 1. The molecule has 0 radical (unpaired) electrons. The standard InChI is InChI=1S/C20H24N4O3S/c25-19-7-6-18(22-9-12-28-13-10-22)21-24(19)15-20(26)23-8-11-27-17(14-23)16-4-2-1-3-5-16/h1-7,17H,8-15H2/t17-/m0/s1. The minimum absolute atomic E-state index is 0.0449. The van der Waals surface area contributed by atoms with Crippen LogP contribution < -0.4 is 10.5 Å². The molecule has 2 fully saturated rings. The molecule has 1 aromatic heterocycles. The molecule has 4 rings (SSSR count). The lowest BCUT2D eigenvalue weighted by atomic mass is 10.1. The first-order chi connectivity index (χ1) is 13.7. The zero-order valence-electron chi connectivity index (χ0n) is 15.7. The summed E-state index contributed by atoms with van der Waals surface area (Å²) >= 11 is 1.92. The highest BCUT2D eigenvalue weighted by Crippen LogP contribution is 2.22. The molecule has 8 heteroatoms. The van der Waals surface area contributed by atoms with Crippen molar-refractivity contribution in [3.63, 3.8) is 0 Å². The third-order valence-electron chi connectivity index (χ3n) is 5.06. The molecule has 0 bridgehead atoms. The largest absolute Gasteiger partial charge is 0.370 e. The number of thioether (sulfide) groups is 1. The first-order valence-electron chi connectivity index (χ1n) is 9.56. The Morgan fingerprint density at radius 2 is 1.89 bits per heavy atom. The van der Waals surface area contributed by atoms with Crippen molar-refractivity contribution >= 4 is 23.5 Å². The van der Waals surface area contributed by atoms with Gasteiger partial charge in [-0.15, -0.1) is 0 Å². The van der Waals surface area contributed by atoms with Gasteiger partial charge in [-0.2, -0.15) is 16.9 Å². The first kappa shape index (κ1) is 19.0. The molecule has 2 aliphatic heterocycles. The van der Waals surface area contributed by atoms with Gasteiger partial charge in [-0.3, -0.25) is 9.59 Å². The smallest absolute Gasteiger partial charge is 0.267 e. The van der Waals surface area contributed by atoms with Gasteiger partial charge >= 0.3 is 0 Å². The summed E-state index contributed by atoms with van der Waals surface area (Å²) in [5.41, 5.74) is 0.802. The maximum absolute atomic E-state index is 12.8. The summed E-state index contributed by atoms with van der Waals surface area (Å²) in [6.45, 7) is 3.27.